The van der Waals surface area contributed by atoms with Crippen molar-refractivity contribution in [2.24, 2.45) is 0 Å². The van der Waals surface area contributed by atoms with Crippen molar-refractivity contribution < 1.29 is 9.21 Å². The molecule has 0 atom stereocenters. The number of hydrogen-bond acceptors (Lipinski definition) is 4. The van der Waals surface area contributed by atoms with Gasteiger partial charge >= 0.3 is 0 Å². The zero-order valence-electron chi connectivity index (χ0n) is 17.6. The maximum Gasteiger partial charge on any atom is 0.253 e. The highest BCUT2D eigenvalue weighted by Crippen LogP contribution is 2.29. The van der Waals surface area contributed by atoms with Gasteiger partial charge < -0.3 is 9.32 Å². The molecule has 0 aliphatic rings. The van der Waals surface area contributed by atoms with Crippen LogP contribution < -0.4 is 0 Å². The molecule has 0 spiro atoms. The normalized spacial score (nSPS) is 10.8. The van der Waals surface area contributed by atoms with E-state index in [4.69, 9.17) is 16.0 Å². The van der Waals surface area contributed by atoms with Crippen molar-refractivity contribution in [2.75, 3.05) is 7.05 Å². The fourth-order valence-corrected chi connectivity index (χ4v) is 3.64. The molecule has 3 aromatic carbocycles. The number of carbonyl (C=O) groups is 1. The molecule has 0 unspecified atom stereocenters. The fraction of sp³-hybridized carbons (Fsp3) is 0.160. The molecule has 5 nitrogen and oxygen atoms in total. The number of benzene rings is 3. The summed E-state index contributed by atoms with van der Waals surface area (Å²) in [6.07, 6.45) is 0. The van der Waals surface area contributed by atoms with Crippen LogP contribution in [0.3, 0.4) is 0 Å². The molecule has 1 amide bonds. The number of amides is 1. The van der Waals surface area contributed by atoms with Gasteiger partial charge in [0.2, 0.25) is 11.8 Å². The first-order valence-electron chi connectivity index (χ1n) is 9.93. The number of nitrogens with zero attached hydrogens (tertiary/aromatic N) is 3. The molecule has 0 saturated heterocycles. The van der Waals surface area contributed by atoms with E-state index < -0.39 is 0 Å². The van der Waals surface area contributed by atoms with Gasteiger partial charge in [-0.05, 0) is 59.5 Å². The van der Waals surface area contributed by atoms with Gasteiger partial charge in [-0.15, -0.1) is 10.2 Å². The summed E-state index contributed by atoms with van der Waals surface area (Å²) in [5.41, 5.74) is 5.59. The average Bonchev–Trinajstić information content (AvgIpc) is 3.21. The van der Waals surface area contributed by atoms with Crippen LogP contribution >= 0.6 is 11.6 Å². The topological polar surface area (TPSA) is 59.2 Å². The average molecular weight is 432 g/mol. The Hall–Kier alpha value is -3.44. The van der Waals surface area contributed by atoms with Crippen molar-refractivity contribution >= 4 is 17.5 Å². The van der Waals surface area contributed by atoms with Crippen LogP contribution in [0, 0.1) is 13.8 Å². The van der Waals surface area contributed by atoms with E-state index in [2.05, 4.69) is 17.1 Å². The summed E-state index contributed by atoms with van der Waals surface area (Å²) < 4.78 is 5.55. The molecule has 0 fully saturated rings. The van der Waals surface area contributed by atoms with E-state index in [0.717, 1.165) is 27.8 Å². The predicted octanol–water partition coefficient (Wildman–Crippen LogP) is 5.95. The SMILES string of the molecule is Cc1nnc(-c2ccc(C)c(-c3ccc(C(=O)N(C)Cc4ccccc4Cl)cc3)c2)o1. The van der Waals surface area contributed by atoms with Crippen LogP contribution in [0.2, 0.25) is 5.02 Å². The second-order valence-corrected chi connectivity index (χ2v) is 7.89. The number of halogens is 1. The maximum absolute atomic E-state index is 12.9. The second-order valence-electron chi connectivity index (χ2n) is 7.49. The largest absolute Gasteiger partial charge is 0.421 e. The van der Waals surface area contributed by atoms with Gasteiger partial charge in [-0.25, -0.2) is 0 Å². The van der Waals surface area contributed by atoms with Crippen molar-refractivity contribution in [1.82, 2.24) is 15.1 Å². The Morgan fingerprint density at radius 2 is 1.68 bits per heavy atom. The molecular formula is C25H22ClN3O2. The summed E-state index contributed by atoms with van der Waals surface area (Å²) in [7, 11) is 1.78. The Morgan fingerprint density at radius 1 is 0.968 bits per heavy atom. The lowest BCUT2D eigenvalue weighted by Gasteiger charge is -2.18. The Kier molecular flexibility index (Phi) is 5.87. The van der Waals surface area contributed by atoms with Crippen LogP contribution in [0.1, 0.15) is 27.4 Å². The minimum atomic E-state index is -0.0572. The first-order chi connectivity index (χ1) is 14.9. The predicted molar refractivity (Wildman–Crippen MR) is 122 cm³/mol. The zero-order valence-corrected chi connectivity index (χ0v) is 18.3. The highest BCUT2D eigenvalue weighted by atomic mass is 35.5. The van der Waals surface area contributed by atoms with E-state index in [1.165, 1.54) is 0 Å². The first kappa shape index (κ1) is 20.8. The summed E-state index contributed by atoms with van der Waals surface area (Å²) in [5, 5.41) is 8.66. The Morgan fingerprint density at radius 3 is 2.35 bits per heavy atom. The van der Waals surface area contributed by atoms with Crippen LogP contribution in [0.5, 0.6) is 0 Å². The first-order valence-corrected chi connectivity index (χ1v) is 10.3. The minimum Gasteiger partial charge on any atom is -0.421 e. The van der Waals surface area contributed by atoms with Gasteiger partial charge in [0.15, 0.2) is 0 Å². The van der Waals surface area contributed by atoms with Crippen LogP contribution in [0.25, 0.3) is 22.6 Å². The van der Waals surface area contributed by atoms with Gasteiger partial charge in [-0.1, -0.05) is 48.0 Å². The molecule has 0 radical (unpaired) electrons. The molecule has 1 heterocycles. The molecule has 0 aliphatic heterocycles. The quantitative estimate of drug-likeness (QED) is 0.392. The summed E-state index contributed by atoms with van der Waals surface area (Å²) in [6.45, 7) is 4.27. The third-order valence-electron chi connectivity index (χ3n) is 5.17. The van der Waals surface area contributed by atoms with E-state index in [-0.39, 0.29) is 5.91 Å². The molecule has 6 heteroatoms. The van der Waals surface area contributed by atoms with Crippen LogP contribution in [0.15, 0.2) is 71.1 Å². The summed E-state index contributed by atoms with van der Waals surface area (Å²) in [5.74, 6) is 0.964. The maximum atomic E-state index is 12.9. The third-order valence-corrected chi connectivity index (χ3v) is 5.53. The molecular weight excluding hydrogens is 410 g/mol. The number of hydrogen-bond donors (Lipinski definition) is 0. The fourth-order valence-electron chi connectivity index (χ4n) is 3.45. The van der Waals surface area contributed by atoms with Crippen molar-refractivity contribution in [3.8, 4) is 22.6 Å². The Labute approximate surface area is 186 Å². The molecule has 0 saturated carbocycles. The van der Waals surface area contributed by atoms with Gasteiger partial charge in [-0.3, -0.25) is 4.79 Å². The van der Waals surface area contributed by atoms with Crippen LogP contribution in [-0.4, -0.2) is 28.1 Å². The van der Waals surface area contributed by atoms with E-state index >= 15 is 0 Å². The molecule has 31 heavy (non-hydrogen) atoms. The van der Waals surface area contributed by atoms with E-state index in [1.807, 2.05) is 66.7 Å². The Balaban J connectivity index is 1.55. The molecule has 1 aromatic heterocycles. The Bertz CT molecular complexity index is 1230. The standard InChI is InChI=1S/C25H22ClN3O2/c1-16-8-9-20(24-28-27-17(2)31-24)14-22(16)18-10-12-19(13-11-18)25(30)29(3)15-21-6-4-5-7-23(21)26/h4-14H,15H2,1-3H3. The van der Waals surface area contributed by atoms with E-state index in [1.54, 1.807) is 18.9 Å². The van der Waals surface area contributed by atoms with Crippen LogP contribution in [-0.2, 0) is 6.54 Å². The van der Waals surface area contributed by atoms with E-state index in [9.17, 15) is 4.79 Å². The number of carbonyl (C=O) groups excluding carboxylic acids is 1. The smallest absolute Gasteiger partial charge is 0.253 e. The second kappa shape index (κ2) is 8.74. The molecule has 156 valence electrons. The number of rotatable bonds is 5. The van der Waals surface area contributed by atoms with Gasteiger partial charge in [0.05, 0.1) is 0 Å². The molecule has 4 aromatic rings. The van der Waals surface area contributed by atoms with E-state index in [0.29, 0.717) is 28.9 Å². The van der Waals surface area contributed by atoms with Gasteiger partial charge in [0.25, 0.3) is 5.91 Å². The summed E-state index contributed by atoms with van der Waals surface area (Å²) >= 11 is 6.23. The van der Waals surface area contributed by atoms with Crippen molar-refractivity contribution in [2.45, 2.75) is 20.4 Å². The lowest BCUT2D eigenvalue weighted by molar-refractivity contribution is 0.0785. The minimum absolute atomic E-state index is 0.0572. The van der Waals surface area contributed by atoms with Crippen molar-refractivity contribution in [3.05, 3.63) is 94.3 Å². The lowest BCUT2D eigenvalue weighted by Crippen LogP contribution is -2.26. The van der Waals surface area contributed by atoms with Crippen molar-refractivity contribution in [3.63, 3.8) is 0 Å². The number of aryl methyl sites for hydroxylation is 2. The zero-order chi connectivity index (χ0) is 22.0. The van der Waals surface area contributed by atoms with Gasteiger partial charge in [-0.2, -0.15) is 0 Å². The monoisotopic (exact) mass is 431 g/mol. The molecule has 4 rings (SSSR count). The van der Waals surface area contributed by atoms with Crippen molar-refractivity contribution in [1.29, 1.82) is 0 Å². The highest BCUT2D eigenvalue weighted by Gasteiger charge is 2.14. The molecule has 0 N–H and O–H groups in total. The molecule has 0 aliphatic carbocycles. The number of aromatic nitrogens is 2. The van der Waals surface area contributed by atoms with Crippen LogP contribution in [0.4, 0.5) is 0 Å². The third kappa shape index (κ3) is 4.52. The lowest BCUT2D eigenvalue weighted by atomic mass is 9.97. The summed E-state index contributed by atoms with van der Waals surface area (Å²) in [6, 6.07) is 21.2. The summed E-state index contributed by atoms with van der Waals surface area (Å²) in [4.78, 5) is 14.5. The van der Waals surface area contributed by atoms with Gasteiger partial charge in [0, 0.05) is 36.7 Å². The molecule has 0 bridgehead atoms. The van der Waals surface area contributed by atoms with Gasteiger partial charge in [0.1, 0.15) is 0 Å². The highest BCUT2D eigenvalue weighted by molar-refractivity contribution is 6.31.